The molecule has 1 aromatic carbocycles. The van der Waals surface area contributed by atoms with Gasteiger partial charge in [-0.3, -0.25) is 9.69 Å². The second kappa shape index (κ2) is 10.1. The van der Waals surface area contributed by atoms with Gasteiger partial charge >= 0.3 is 0 Å². The van der Waals surface area contributed by atoms with E-state index in [2.05, 4.69) is 5.10 Å². The number of aryl methyl sites for hydroxylation is 1. The quantitative estimate of drug-likeness (QED) is 0.574. The van der Waals surface area contributed by atoms with Gasteiger partial charge in [0.15, 0.2) is 16.3 Å². The number of nitrogens with zero attached hydrogens (tertiary/aromatic N) is 4. The summed E-state index contributed by atoms with van der Waals surface area (Å²) in [5, 5.41) is 4.63. The third-order valence-electron chi connectivity index (χ3n) is 5.05. The zero-order valence-corrected chi connectivity index (χ0v) is 18.2. The van der Waals surface area contributed by atoms with Crippen LogP contribution >= 0.6 is 12.2 Å². The summed E-state index contributed by atoms with van der Waals surface area (Å²) in [5.41, 5.74) is 6.13. The number of methoxy groups -OCH3 is 1. The predicted octanol–water partition coefficient (Wildman–Crippen LogP) is 2.25. The summed E-state index contributed by atoms with van der Waals surface area (Å²) in [5.74, 6) is 0.168. The molecule has 0 aliphatic carbocycles. The fraction of sp³-hybridized carbons (Fsp3) is 0.550. The molecule has 8 nitrogen and oxygen atoms in total. The van der Waals surface area contributed by atoms with Crippen molar-refractivity contribution < 1.29 is 18.7 Å². The molecule has 0 unspecified atom stereocenters. The van der Waals surface area contributed by atoms with Crippen molar-refractivity contribution in [3.8, 4) is 5.75 Å². The van der Waals surface area contributed by atoms with Gasteiger partial charge in [-0.25, -0.2) is 9.07 Å². The second-order valence-electron chi connectivity index (χ2n) is 7.53. The molecular formula is C20H28FN5O3S. The summed E-state index contributed by atoms with van der Waals surface area (Å²) in [7, 11) is 3.35. The highest BCUT2D eigenvalue weighted by atomic mass is 32.1. The van der Waals surface area contributed by atoms with E-state index in [-0.39, 0.29) is 24.2 Å². The highest BCUT2D eigenvalue weighted by molar-refractivity contribution is 7.71. The molecule has 2 N–H and O–H groups in total. The molecule has 30 heavy (non-hydrogen) atoms. The highest BCUT2D eigenvalue weighted by Crippen LogP contribution is 2.19. The number of carbonyl (C=O) groups is 1. The number of carbonyl (C=O) groups excluding carboxylic acids is 1. The number of aromatic nitrogens is 3. The Hall–Kier alpha value is -2.30. The lowest BCUT2D eigenvalue weighted by molar-refractivity contribution is -0.118. The van der Waals surface area contributed by atoms with E-state index in [1.54, 1.807) is 10.7 Å². The lowest BCUT2D eigenvalue weighted by Crippen LogP contribution is -2.23. The highest BCUT2D eigenvalue weighted by Gasteiger charge is 2.20. The lowest BCUT2D eigenvalue weighted by Gasteiger charge is -2.17. The monoisotopic (exact) mass is 437 g/mol. The van der Waals surface area contributed by atoms with Crippen LogP contribution in [0.5, 0.6) is 5.75 Å². The molecule has 0 bridgehead atoms. The number of halogens is 1. The Balaban J connectivity index is 1.74. The van der Waals surface area contributed by atoms with Gasteiger partial charge in [-0.15, -0.1) is 0 Å². The van der Waals surface area contributed by atoms with Gasteiger partial charge in [0.05, 0.1) is 26.4 Å². The first-order valence-corrected chi connectivity index (χ1v) is 10.4. The molecule has 1 aliphatic heterocycles. The molecule has 0 spiro atoms. The average Bonchev–Trinajstić information content (AvgIpc) is 3.30. The van der Waals surface area contributed by atoms with E-state index in [1.165, 1.54) is 13.2 Å². The molecule has 0 saturated carbocycles. The van der Waals surface area contributed by atoms with E-state index in [0.717, 1.165) is 30.8 Å². The molecule has 1 atom stereocenters. The number of hydrogen-bond acceptors (Lipinski definition) is 6. The van der Waals surface area contributed by atoms with Crippen molar-refractivity contribution in [2.45, 2.75) is 51.5 Å². The fourth-order valence-corrected chi connectivity index (χ4v) is 3.85. The first-order valence-electron chi connectivity index (χ1n) is 9.94. The van der Waals surface area contributed by atoms with Crippen LogP contribution in [0.15, 0.2) is 18.2 Å². The van der Waals surface area contributed by atoms with Crippen molar-refractivity contribution in [3.05, 3.63) is 40.2 Å². The van der Waals surface area contributed by atoms with Crippen LogP contribution in [-0.4, -0.2) is 52.0 Å². The van der Waals surface area contributed by atoms with Gasteiger partial charge in [0.2, 0.25) is 5.91 Å². The van der Waals surface area contributed by atoms with Crippen LogP contribution in [0.4, 0.5) is 4.39 Å². The van der Waals surface area contributed by atoms with Crippen molar-refractivity contribution in [3.63, 3.8) is 0 Å². The third kappa shape index (κ3) is 5.65. The minimum absolute atomic E-state index is 0.0988. The zero-order chi connectivity index (χ0) is 21.7. The van der Waals surface area contributed by atoms with Crippen LogP contribution in [0.2, 0.25) is 0 Å². The van der Waals surface area contributed by atoms with Crippen molar-refractivity contribution in [1.82, 2.24) is 19.2 Å². The van der Waals surface area contributed by atoms with Gasteiger partial charge in [0.25, 0.3) is 0 Å². The van der Waals surface area contributed by atoms with Crippen LogP contribution in [0.25, 0.3) is 0 Å². The number of ether oxygens (including phenoxy) is 2. The van der Waals surface area contributed by atoms with Crippen molar-refractivity contribution in [2.24, 2.45) is 5.73 Å². The van der Waals surface area contributed by atoms with Crippen LogP contribution in [0.1, 0.15) is 30.7 Å². The standard InChI is InChI=1S/C20H28FN5O3S/c1-24(11-14-5-6-17(28-2)16(21)10-14)13-26-20(30)25(12-15-4-3-9-29-15)19(23-26)8-7-18(22)27/h5-6,10,15H,3-4,7-9,11-13H2,1-2H3,(H2,22,27)/t15-/m0/s1. The maximum Gasteiger partial charge on any atom is 0.217 e. The SMILES string of the molecule is COc1ccc(CN(C)Cn2nc(CCC(N)=O)n(C[C@@H]3CCCO3)c2=S)cc1F. The first-order chi connectivity index (χ1) is 14.4. The number of benzene rings is 1. The summed E-state index contributed by atoms with van der Waals surface area (Å²) in [6, 6.07) is 4.90. The smallest absolute Gasteiger partial charge is 0.217 e. The van der Waals surface area contributed by atoms with Crippen LogP contribution < -0.4 is 10.5 Å². The predicted molar refractivity (Wildman–Crippen MR) is 112 cm³/mol. The summed E-state index contributed by atoms with van der Waals surface area (Å²) >= 11 is 5.65. The van der Waals surface area contributed by atoms with E-state index in [4.69, 9.17) is 27.4 Å². The van der Waals surface area contributed by atoms with E-state index in [0.29, 0.717) is 31.0 Å². The van der Waals surface area contributed by atoms with Crippen molar-refractivity contribution in [1.29, 1.82) is 0 Å². The lowest BCUT2D eigenvalue weighted by atomic mass is 10.2. The number of amides is 1. The summed E-state index contributed by atoms with van der Waals surface area (Å²) in [4.78, 5) is 13.2. The van der Waals surface area contributed by atoms with Crippen LogP contribution in [0, 0.1) is 10.6 Å². The van der Waals surface area contributed by atoms with E-state index >= 15 is 0 Å². The topological polar surface area (TPSA) is 87.5 Å². The Bertz CT molecular complexity index is 939. The first kappa shape index (κ1) is 22.4. The molecule has 3 rings (SSSR count). The summed E-state index contributed by atoms with van der Waals surface area (Å²) in [6.45, 7) is 2.30. The molecule has 2 heterocycles. The maximum absolute atomic E-state index is 14.0. The van der Waals surface area contributed by atoms with E-state index in [1.807, 2.05) is 22.6 Å². The number of rotatable bonds is 10. The number of primary amides is 1. The van der Waals surface area contributed by atoms with Gasteiger partial charge < -0.3 is 19.8 Å². The van der Waals surface area contributed by atoms with E-state index in [9.17, 15) is 9.18 Å². The fourth-order valence-electron chi connectivity index (χ4n) is 3.57. The molecule has 2 aromatic rings. The molecule has 1 fully saturated rings. The third-order valence-corrected chi connectivity index (χ3v) is 5.48. The molecular weight excluding hydrogens is 409 g/mol. The van der Waals surface area contributed by atoms with Gasteiger partial charge in [-0.1, -0.05) is 6.07 Å². The second-order valence-corrected chi connectivity index (χ2v) is 7.90. The minimum Gasteiger partial charge on any atom is -0.494 e. The Morgan fingerprint density at radius 3 is 2.93 bits per heavy atom. The maximum atomic E-state index is 14.0. The van der Waals surface area contributed by atoms with Gasteiger partial charge in [-0.05, 0) is 49.8 Å². The number of nitrogens with two attached hydrogens (primary N) is 1. The molecule has 1 aliphatic rings. The Morgan fingerprint density at radius 1 is 1.50 bits per heavy atom. The van der Waals surface area contributed by atoms with Gasteiger partial charge in [-0.2, -0.15) is 5.10 Å². The molecule has 10 heteroatoms. The van der Waals surface area contributed by atoms with Crippen molar-refractivity contribution >= 4 is 18.1 Å². The molecule has 1 amide bonds. The summed E-state index contributed by atoms with van der Waals surface area (Å²) < 4.78 is 28.9. The normalized spacial score (nSPS) is 16.3. The molecule has 1 aromatic heterocycles. The van der Waals surface area contributed by atoms with Crippen molar-refractivity contribution in [2.75, 3.05) is 20.8 Å². The van der Waals surface area contributed by atoms with Crippen LogP contribution in [-0.2, 0) is 35.7 Å². The average molecular weight is 438 g/mol. The van der Waals surface area contributed by atoms with Gasteiger partial charge in [0, 0.05) is 26.0 Å². The summed E-state index contributed by atoms with van der Waals surface area (Å²) in [6.07, 6.45) is 2.74. The Morgan fingerprint density at radius 2 is 2.30 bits per heavy atom. The van der Waals surface area contributed by atoms with E-state index < -0.39 is 5.82 Å². The molecule has 0 radical (unpaired) electrons. The van der Waals surface area contributed by atoms with Crippen LogP contribution in [0.3, 0.4) is 0 Å². The Kier molecular flexibility index (Phi) is 7.57. The Labute approximate surface area is 180 Å². The molecule has 1 saturated heterocycles. The van der Waals surface area contributed by atoms with Gasteiger partial charge in [0.1, 0.15) is 5.82 Å². The zero-order valence-electron chi connectivity index (χ0n) is 17.3. The minimum atomic E-state index is -0.394. The number of hydrogen-bond donors (Lipinski definition) is 1. The molecule has 164 valence electrons. The largest absolute Gasteiger partial charge is 0.494 e.